The molecule has 0 bridgehead atoms. The molecular weight excluding hydrogens is 358 g/mol. The van der Waals surface area contributed by atoms with E-state index in [9.17, 15) is 9.90 Å². The van der Waals surface area contributed by atoms with Crippen LogP contribution in [0.1, 0.15) is 47.5 Å². The monoisotopic (exact) mass is 381 g/mol. The van der Waals surface area contributed by atoms with Gasteiger partial charge in [-0.15, -0.1) is 11.3 Å². The fourth-order valence-corrected chi connectivity index (χ4v) is 4.84. The lowest BCUT2D eigenvalue weighted by molar-refractivity contribution is -0.125. The molecule has 2 aromatic rings. The maximum atomic E-state index is 12.3. The van der Waals surface area contributed by atoms with E-state index in [2.05, 4.69) is 46.2 Å². The normalized spacial score (nSPS) is 27.4. The highest BCUT2D eigenvalue weighted by molar-refractivity contribution is 7.12. The van der Waals surface area contributed by atoms with E-state index in [0.717, 1.165) is 9.75 Å². The second kappa shape index (κ2) is 7.10. The van der Waals surface area contributed by atoms with Crippen LogP contribution >= 0.6 is 11.3 Å². The number of carbonyl (C=O) groups excluding carboxylic acids is 1. The Balaban J connectivity index is 1.65. The van der Waals surface area contributed by atoms with Gasteiger partial charge < -0.3 is 10.4 Å². The molecule has 4 atom stereocenters. The lowest BCUT2D eigenvalue weighted by atomic mass is 9.77. The number of piperidine rings is 1. The minimum atomic E-state index is -1.02. The van der Waals surface area contributed by atoms with Crippen molar-refractivity contribution in [3.05, 3.63) is 57.8 Å². The molecule has 1 aromatic carbocycles. The SMILES string of the molecule is CC(C)(O)C#Cc1ccc(C2CC(=O)NC3NNC(c4ccccc4)C32)s1. The third-order valence-electron chi connectivity index (χ3n) is 4.99. The summed E-state index contributed by atoms with van der Waals surface area (Å²) in [4.78, 5) is 14.3. The van der Waals surface area contributed by atoms with Crippen molar-refractivity contribution >= 4 is 17.2 Å². The molecular formula is C21H23N3O2S. The molecule has 0 saturated carbocycles. The summed E-state index contributed by atoms with van der Waals surface area (Å²) in [6.07, 6.45) is 0.363. The topological polar surface area (TPSA) is 73.4 Å². The molecule has 4 rings (SSSR count). The van der Waals surface area contributed by atoms with E-state index in [1.54, 1.807) is 25.2 Å². The molecule has 2 saturated heterocycles. The minimum Gasteiger partial charge on any atom is -0.378 e. The Hall–Kier alpha value is -2.17. The van der Waals surface area contributed by atoms with Crippen LogP contribution < -0.4 is 16.2 Å². The van der Waals surface area contributed by atoms with Gasteiger partial charge in [-0.25, -0.2) is 10.9 Å². The predicted molar refractivity (Wildman–Crippen MR) is 106 cm³/mol. The molecule has 0 spiro atoms. The van der Waals surface area contributed by atoms with E-state index in [4.69, 9.17) is 0 Å². The number of nitrogens with one attached hydrogen (secondary N) is 3. The van der Waals surface area contributed by atoms with Gasteiger partial charge >= 0.3 is 0 Å². The highest BCUT2D eigenvalue weighted by Gasteiger charge is 2.47. The molecule has 1 amide bonds. The first kappa shape index (κ1) is 18.2. The number of thiophene rings is 1. The van der Waals surface area contributed by atoms with Gasteiger partial charge in [0.15, 0.2) is 0 Å². The molecule has 2 aliphatic heterocycles. The molecule has 2 fully saturated rings. The van der Waals surface area contributed by atoms with Crippen molar-refractivity contribution in [2.75, 3.05) is 0 Å². The van der Waals surface area contributed by atoms with Crippen LogP contribution in [-0.4, -0.2) is 22.8 Å². The molecule has 2 aliphatic rings. The summed E-state index contributed by atoms with van der Waals surface area (Å²) < 4.78 is 0. The van der Waals surface area contributed by atoms with Crippen molar-refractivity contribution in [3.8, 4) is 11.8 Å². The molecule has 4 N–H and O–H groups in total. The van der Waals surface area contributed by atoms with Gasteiger partial charge in [-0.1, -0.05) is 42.2 Å². The minimum absolute atomic E-state index is 0.0572. The first-order valence-electron chi connectivity index (χ1n) is 9.11. The summed E-state index contributed by atoms with van der Waals surface area (Å²) in [5, 5.41) is 12.9. The van der Waals surface area contributed by atoms with Crippen LogP contribution in [0.2, 0.25) is 0 Å². The quantitative estimate of drug-likeness (QED) is 0.602. The molecule has 1 aromatic heterocycles. The lowest BCUT2D eigenvalue weighted by Crippen LogP contribution is -2.52. The number of rotatable bonds is 2. The first-order valence-corrected chi connectivity index (χ1v) is 9.93. The number of fused-ring (bicyclic) bond motifs is 1. The Morgan fingerprint density at radius 2 is 1.93 bits per heavy atom. The van der Waals surface area contributed by atoms with E-state index < -0.39 is 5.60 Å². The Morgan fingerprint density at radius 1 is 1.15 bits per heavy atom. The Kier molecular flexibility index (Phi) is 4.79. The summed E-state index contributed by atoms with van der Waals surface area (Å²) in [5.41, 5.74) is 6.81. The highest BCUT2D eigenvalue weighted by atomic mass is 32.1. The number of hydrazine groups is 1. The van der Waals surface area contributed by atoms with Crippen LogP contribution in [0.4, 0.5) is 0 Å². The summed E-state index contributed by atoms with van der Waals surface area (Å²) in [7, 11) is 0. The fourth-order valence-electron chi connectivity index (χ4n) is 3.82. The number of amides is 1. The van der Waals surface area contributed by atoms with Gasteiger partial charge in [0.1, 0.15) is 5.60 Å². The highest BCUT2D eigenvalue weighted by Crippen LogP contribution is 2.44. The van der Waals surface area contributed by atoms with E-state index >= 15 is 0 Å². The van der Waals surface area contributed by atoms with Gasteiger partial charge in [0.25, 0.3) is 0 Å². The second-order valence-corrected chi connectivity index (χ2v) is 8.74. The molecule has 5 nitrogen and oxygen atoms in total. The fraction of sp³-hybridized carbons (Fsp3) is 0.381. The van der Waals surface area contributed by atoms with Crippen molar-refractivity contribution in [2.24, 2.45) is 5.92 Å². The molecule has 6 heteroatoms. The summed E-state index contributed by atoms with van der Waals surface area (Å²) in [5.74, 6) is 6.28. The van der Waals surface area contributed by atoms with Crippen LogP contribution in [0.3, 0.4) is 0 Å². The number of hydrogen-bond donors (Lipinski definition) is 4. The summed E-state index contributed by atoms with van der Waals surface area (Å²) >= 11 is 1.61. The summed E-state index contributed by atoms with van der Waals surface area (Å²) in [6.45, 7) is 3.34. The molecule has 4 unspecified atom stereocenters. The van der Waals surface area contributed by atoms with Crippen LogP contribution in [0, 0.1) is 17.8 Å². The van der Waals surface area contributed by atoms with Gasteiger partial charge in [-0.3, -0.25) is 4.79 Å². The Labute approximate surface area is 163 Å². The molecule has 140 valence electrons. The number of aliphatic hydroxyl groups is 1. The molecule has 3 heterocycles. The molecule has 0 aliphatic carbocycles. The van der Waals surface area contributed by atoms with Crippen molar-refractivity contribution < 1.29 is 9.90 Å². The smallest absolute Gasteiger partial charge is 0.221 e. The predicted octanol–water partition coefficient (Wildman–Crippen LogP) is 2.27. The largest absolute Gasteiger partial charge is 0.378 e. The third kappa shape index (κ3) is 3.92. The number of hydrogen-bond acceptors (Lipinski definition) is 5. The Bertz CT molecular complexity index is 891. The standard InChI is InChI=1S/C21H23N3O2S/c1-21(2,26)11-10-14-8-9-16(27-14)15-12-17(25)22-20-18(15)19(23-24-20)13-6-4-3-5-7-13/h3-9,15,18-20,23-24,26H,12H2,1-2H3,(H,22,25). The van der Waals surface area contributed by atoms with E-state index in [-0.39, 0.29) is 30.0 Å². The van der Waals surface area contributed by atoms with Crippen molar-refractivity contribution in [1.82, 2.24) is 16.2 Å². The van der Waals surface area contributed by atoms with Gasteiger partial charge in [-0.2, -0.15) is 0 Å². The lowest BCUT2D eigenvalue weighted by Gasteiger charge is -2.35. The molecule has 27 heavy (non-hydrogen) atoms. The average molecular weight is 382 g/mol. The average Bonchev–Trinajstić information content (AvgIpc) is 3.26. The maximum Gasteiger partial charge on any atom is 0.221 e. The van der Waals surface area contributed by atoms with Crippen LogP contribution in [-0.2, 0) is 4.79 Å². The summed E-state index contributed by atoms with van der Waals surface area (Å²) in [6, 6.07) is 14.5. The molecule has 0 radical (unpaired) electrons. The zero-order valence-corrected chi connectivity index (χ0v) is 16.1. The van der Waals surface area contributed by atoms with Crippen LogP contribution in [0.25, 0.3) is 0 Å². The second-order valence-electron chi connectivity index (χ2n) is 7.62. The van der Waals surface area contributed by atoms with E-state index in [1.165, 1.54) is 5.56 Å². The zero-order valence-electron chi connectivity index (χ0n) is 15.3. The van der Waals surface area contributed by atoms with Gasteiger partial charge in [0.2, 0.25) is 5.91 Å². The number of benzene rings is 1. The van der Waals surface area contributed by atoms with Gasteiger partial charge in [0, 0.05) is 23.1 Å². The van der Waals surface area contributed by atoms with E-state index in [0.29, 0.717) is 6.42 Å². The maximum absolute atomic E-state index is 12.3. The third-order valence-corrected chi connectivity index (χ3v) is 6.13. The van der Waals surface area contributed by atoms with Crippen LogP contribution in [0.15, 0.2) is 42.5 Å². The Morgan fingerprint density at radius 3 is 2.67 bits per heavy atom. The van der Waals surface area contributed by atoms with E-state index in [1.807, 2.05) is 24.3 Å². The zero-order chi connectivity index (χ0) is 19.0. The van der Waals surface area contributed by atoms with Gasteiger partial charge in [0.05, 0.1) is 17.1 Å². The van der Waals surface area contributed by atoms with Crippen LogP contribution in [0.5, 0.6) is 0 Å². The van der Waals surface area contributed by atoms with Crippen molar-refractivity contribution in [2.45, 2.75) is 44.0 Å². The number of carbonyl (C=O) groups is 1. The van der Waals surface area contributed by atoms with Gasteiger partial charge in [-0.05, 0) is 31.5 Å². The first-order chi connectivity index (χ1) is 12.9. The van der Waals surface area contributed by atoms with Crippen molar-refractivity contribution in [1.29, 1.82) is 0 Å². The van der Waals surface area contributed by atoms with Crippen molar-refractivity contribution in [3.63, 3.8) is 0 Å².